The van der Waals surface area contributed by atoms with E-state index in [0.717, 1.165) is 33.2 Å². The number of hydrogen-bond donors (Lipinski definition) is 0. The number of hydrogen-bond acceptors (Lipinski definition) is 3. The first-order valence-electron chi connectivity index (χ1n) is 10.5. The van der Waals surface area contributed by atoms with Gasteiger partial charge in [-0.05, 0) is 75.3 Å². The lowest BCUT2D eigenvalue weighted by atomic mass is 9.82. The second-order valence-corrected chi connectivity index (χ2v) is 9.82. The Kier molecular flexibility index (Phi) is 4.79. The van der Waals surface area contributed by atoms with Crippen LogP contribution in [0.3, 0.4) is 0 Å². The molecule has 3 heteroatoms. The zero-order valence-electron chi connectivity index (χ0n) is 18.3. The lowest BCUT2D eigenvalue weighted by Crippen LogP contribution is -2.12. The van der Waals surface area contributed by atoms with E-state index in [1.807, 2.05) is 12.3 Å². The summed E-state index contributed by atoms with van der Waals surface area (Å²) in [7, 11) is 0. The fourth-order valence-electron chi connectivity index (χ4n) is 4.16. The van der Waals surface area contributed by atoms with Gasteiger partial charge in [-0.1, -0.05) is 51.1 Å². The SMILES string of the molecule is Cc1ccc2oc3ccnc(-c4cc(C(C)(C)C)c5ccccc5c4)c3c2ccsc1. The minimum atomic E-state index is 0.0229. The van der Waals surface area contributed by atoms with E-state index in [9.17, 15) is 0 Å². The molecule has 0 aliphatic rings. The van der Waals surface area contributed by atoms with Crippen LogP contribution in [0, 0.1) is 6.92 Å². The van der Waals surface area contributed by atoms with Crippen molar-refractivity contribution < 1.29 is 4.42 Å². The third-order valence-electron chi connectivity index (χ3n) is 5.68. The number of benzene rings is 2. The van der Waals surface area contributed by atoms with Gasteiger partial charge in [-0.15, -0.1) is 0 Å². The molecule has 0 amide bonds. The van der Waals surface area contributed by atoms with Gasteiger partial charge in [0.25, 0.3) is 0 Å². The van der Waals surface area contributed by atoms with Crippen molar-refractivity contribution >= 4 is 44.0 Å². The molecule has 154 valence electrons. The van der Waals surface area contributed by atoms with Gasteiger partial charge in [-0.25, -0.2) is 0 Å². The molecular formula is C28H25NOS. The third-order valence-corrected chi connectivity index (χ3v) is 6.48. The Balaban J connectivity index is 1.89. The predicted octanol–water partition coefficient (Wildman–Crippen LogP) is 8.59. The van der Waals surface area contributed by atoms with Crippen molar-refractivity contribution in [3.8, 4) is 11.3 Å². The first-order chi connectivity index (χ1) is 14.9. The number of furan rings is 1. The molecule has 0 aliphatic carbocycles. The molecule has 0 radical (unpaired) electrons. The zero-order valence-corrected chi connectivity index (χ0v) is 19.1. The van der Waals surface area contributed by atoms with E-state index in [4.69, 9.17) is 9.40 Å². The first-order valence-corrected chi connectivity index (χ1v) is 11.5. The Labute approximate surface area is 186 Å². The molecule has 5 rings (SSSR count). The van der Waals surface area contributed by atoms with Gasteiger partial charge in [0.15, 0.2) is 0 Å². The standard InChI is InChI=1S/C28H25NOS/c1-18-9-10-24-22(12-14-31-17-18)26-25(30-24)11-13-29-27(26)20-15-19-7-5-6-8-21(19)23(16-20)28(2,3)4/h5-17H,1-4H3. The lowest BCUT2D eigenvalue weighted by molar-refractivity contribution is 0.596. The molecule has 0 spiro atoms. The highest BCUT2D eigenvalue weighted by molar-refractivity contribution is 7.07. The smallest absolute Gasteiger partial charge is 0.139 e. The largest absolute Gasteiger partial charge is 0.456 e. The van der Waals surface area contributed by atoms with E-state index in [1.165, 1.54) is 21.9 Å². The average molecular weight is 424 g/mol. The highest BCUT2D eigenvalue weighted by Crippen LogP contribution is 2.39. The summed E-state index contributed by atoms with van der Waals surface area (Å²) in [5.41, 5.74) is 6.37. The van der Waals surface area contributed by atoms with Gasteiger partial charge in [0.05, 0.1) is 11.1 Å². The maximum absolute atomic E-state index is 6.26. The Hall–Kier alpha value is -3.17. The highest BCUT2D eigenvalue weighted by atomic mass is 32.1. The second kappa shape index (κ2) is 7.51. The number of pyridine rings is 1. The Morgan fingerprint density at radius 2 is 1.71 bits per heavy atom. The summed E-state index contributed by atoms with van der Waals surface area (Å²) in [4.78, 5) is 4.84. The molecule has 0 aliphatic heterocycles. The van der Waals surface area contributed by atoms with Crippen LogP contribution in [0.4, 0.5) is 0 Å². The minimum Gasteiger partial charge on any atom is -0.456 e. The Bertz CT molecular complexity index is 1480. The summed E-state index contributed by atoms with van der Waals surface area (Å²) < 4.78 is 6.26. The van der Waals surface area contributed by atoms with Crippen LogP contribution in [0.1, 0.15) is 31.9 Å². The second-order valence-electron chi connectivity index (χ2n) is 9.04. The van der Waals surface area contributed by atoms with Gasteiger partial charge in [-0.3, -0.25) is 4.98 Å². The summed E-state index contributed by atoms with van der Waals surface area (Å²) >= 11 is 1.68. The van der Waals surface area contributed by atoms with Crippen molar-refractivity contribution in [2.75, 3.05) is 0 Å². The molecule has 0 unspecified atom stereocenters. The topological polar surface area (TPSA) is 26.0 Å². The molecule has 2 nitrogen and oxygen atoms in total. The molecule has 0 saturated heterocycles. The first kappa shape index (κ1) is 19.8. The van der Waals surface area contributed by atoms with Gasteiger partial charge in [0.2, 0.25) is 0 Å². The lowest BCUT2D eigenvalue weighted by Gasteiger charge is -2.22. The predicted molar refractivity (Wildman–Crippen MR) is 133 cm³/mol. The molecule has 2 aromatic carbocycles. The van der Waals surface area contributed by atoms with Crippen molar-refractivity contribution in [2.24, 2.45) is 0 Å². The molecule has 0 N–H and O–H groups in total. The summed E-state index contributed by atoms with van der Waals surface area (Å²) in [5.74, 6) is 0. The van der Waals surface area contributed by atoms with Crippen LogP contribution in [0.25, 0.3) is 44.0 Å². The average Bonchev–Trinajstić information content (AvgIpc) is 3.14. The van der Waals surface area contributed by atoms with Crippen LogP contribution >= 0.6 is 11.3 Å². The van der Waals surface area contributed by atoms with Crippen molar-refractivity contribution in [3.63, 3.8) is 0 Å². The monoisotopic (exact) mass is 423 g/mol. The van der Waals surface area contributed by atoms with Crippen molar-refractivity contribution in [3.05, 3.63) is 88.7 Å². The highest BCUT2D eigenvalue weighted by Gasteiger charge is 2.20. The van der Waals surface area contributed by atoms with E-state index in [2.05, 4.69) is 93.1 Å². The summed E-state index contributed by atoms with van der Waals surface area (Å²) in [5, 5.41) is 8.92. The van der Waals surface area contributed by atoms with Gasteiger partial charge in [-0.2, -0.15) is 11.3 Å². The number of aryl methyl sites for hydroxylation is 1. The van der Waals surface area contributed by atoms with Crippen LogP contribution in [0.2, 0.25) is 0 Å². The fourth-order valence-corrected chi connectivity index (χ4v) is 4.75. The minimum absolute atomic E-state index is 0.0229. The maximum Gasteiger partial charge on any atom is 0.139 e. The van der Waals surface area contributed by atoms with Crippen LogP contribution in [0.5, 0.6) is 0 Å². The molecule has 0 atom stereocenters. The summed E-state index contributed by atoms with van der Waals surface area (Å²) in [6.07, 6.45) is 1.85. The molecule has 0 fully saturated rings. The van der Waals surface area contributed by atoms with Crippen molar-refractivity contribution in [1.82, 2.24) is 4.98 Å². The Morgan fingerprint density at radius 3 is 2.55 bits per heavy atom. The third kappa shape index (κ3) is 3.60. The number of fused-ring (bicyclic) bond motifs is 4. The molecule has 3 aromatic heterocycles. The van der Waals surface area contributed by atoms with Crippen LogP contribution < -0.4 is 0 Å². The van der Waals surface area contributed by atoms with Crippen molar-refractivity contribution in [1.29, 1.82) is 0 Å². The van der Waals surface area contributed by atoms with Gasteiger partial charge >= 0.3 is 0 Å². The quantitative estimate of drug-likeness (QED) is 0.270. The van der Waals surface area contributed by atoms with E-state index in [-0.39, 0.29) is 5.41 Å². The van der Waals surface area contributed by atoms with Gasteiger partial charge in [0.1, 0.15) is 11.2 Å². The summed E-state index contributed by atoms with van der Waals surface area (Å²) in [6.45, 7) is 8.90. The van der Waals surface area contributed by atoms with Crippen LogP contribution in [-0.4, -0.2) is 4.98 Å². The fraction of sp³-hybridized carbons (Fsp3) is 0.179. The number of rotatable bonds is 1. The van der Waals surface area contributed by atoms with Crippen LogP contribution in [0.15, 0.2) is 82.0 Å². The van der Waals surface area contributed by atoms with Crippen LogP contribution in [-0.2, 0) is 5.41 Å². The van der Waals surface area contributed by atoms with Crippen molar-refractivity contribution in [2.45, 2.75) is 33.1 Å². The van der Waals surface area contributed by atoms with Gasteiger partial charge < -0.3 is 4.42 Å². The zero-order chi connectivity index (χ0) is 21.6. The molecule has 31 heavy (non-hydrogen) atoms. The molecule has 5 aromatic rings. The normalized spacial score (nSPS) is 11.9. The number of nitrogens with zero attached hydrogens (tertiary/aromatic N) is 1. The molecule has 3 heterocycles. The maximum atomic E-state index is 6.26. The number of aromatic nitrogens is 1. The van der Waals surface area contributed by atoms with E-state index >= 15 is 0 Å². The molecule has 0 saturated carbocycles. The van der Waals surface area contributed by atoms with Gasteiger partial charge in [0, 0.05) is 17.1 Å². The van der Waals surface area contributed by atoms with E-state index in [0.29, 0.717) is 0 Å². The molecular weight excluding hydrogens is 398 g/mol. The molecule has 0 bridgehead atoms. The van der Waals surface area contributed by atoms with E-state index in [1.54, 1.807) is 11.3 Å². The summed E-state index contributed by atoms with van der Waals surface area (Å²) in [6, 6.07) is 21.4. The Morgan fingerprint density at radius 1 is 0.871 bits per heavy atom. The van der Waals surface area contributed by atoms with E-state index < -0.39 is 0 Å².